The highest BCUT2D eigenvalue weighted by molar-refractivity contribution is 6.08. The Labute approximate surface area is 175 Å². The number of pyridine rings is 1. The van der Waals surface area contributed by atoms with E-state index < -0.39 is 0 Å². The lowest BCUT2D eigenvalue weighted by molar-refractivity contribution is 0.0956. The normalized spacial score (nSPS) is 11.3. The Hall–Kier alpha value is -3.99. The minimum atomic E-state index is -0.284. The summed E-state index contributed by atoms with van der Waals surface area (Å²) in [6, 6.07) is 26.8. The summed E-state index contributed by atoms with van der Waals surface area (Å²) in [5.74, 6) is 0.453. The number of hydrazone groups is 1. The van der Waals surface area contributed by atoms with Gasteiger partial charge in [-0.1, -0.05) is 60.7 Å². The van der Waals surface area contributed by atoms with E-state index in [2.05, 4.69) is 10.5 Å². The molecule has 1 heterocycles. The molecule has 0 aliphatic rings. The molecule has 1 aromatic heterocycles. The Morgan fingerprint density at radius 2 is 1.70 bits per heavy atom. The maximum absolute atomic E-state index is 13.0. The highest BCUT2D eigenvalue weighted by Gasteiger charge is 2.14. The number of fused-ring (bicyclic) bond motifs is 1. The lowest BCUT2D eigenvalue weighted by atomic mass is 10.0. The van der Waals surface area contributed by atoms with Gasteiger partial charge in [0, 0.05) is 16.5 Å². The van der Waals surface area contributed by atoms with Gasteiger partial charge in [-0.2, -0.15) is 5.10 Å². The monoisotopic (exact) mass is 395 g/mol. The van der Waals surface area contributed by atoms with E-state index in [-0.39, 0.29) is 5.91 Å². The predicted molar refractivity (Wildman–Crippen MR) is 120 cm³/mol. The lowest BCUT2D eigenvalue weighted by Crippen LogP contribution is -2.20. The molecule has 5 nitrogen and oxygen atoms in total. The van der Waals surface area contributed by atoms with Crippen molar-refractivity contribution >= 4 is 22.5 Å². The first-order valence-corrected chi connectivity index (χ1v) is 9.60. The van der Waals surface area contributed by atoms with Gasteiger partial charge in [-0.05, 0) is 31.2 Å². The van der Waals surface area contributed by atoms with Crippen LogP contribution >= 0.6 is 0 Å². The van der Waals surface area contributed by atoms with Crippen LogP contribution in [-0.2, 0) is 0 Å². The fourth-order valence-electron chi connectivity index (χ4n) is 3.23. The molecule has 0 saturated carbocycles. The first kappa shape index (κ1) is 19.3. The Morgan fingerprint density at radius 3 is 2.50 bits per heavy atom. The first-order chi connectivity index (χ1) is 14.7. The van der Waals surface area contributed by atoms with Crippen LogP contribution in [0, 0.1) is 0 Å². The average Bonchev–Trinajstić information content (AvgIpc) is 2.82. The molecule has 3 aromatic carbocycles. The van der Waals surface area contributed by atoms with Crippen molar-refractivity contribution in [3.05, 3.63) is 96.1 Å². The third kappa shape index (κ3) is 4.05. The zero-order chi connectivity index (χ0) is 20.9. The number of hydrogen-bond acceptors (Lipinski definition) is 4. The predicted octanol–water partition coefficient (Wildman–Crippen LogP) is 5.06. The number of aromatic nitrogens is 1. The van der Waals surface area contributed by atoms with Crippen molar-refractivity contribution in [2.45, 2.75) is 6.92 Å². The molecule has 0 aliphatic carbocycles. The smallest absolute Gasteiger partial charge is 0.272 e. The number of amides is 1. The molecule has 4 rings (SSSR count). The van der Waals surface area contributed by atoms with Gasteiger partial charge in [0.05, 0.1) is 29.6 Å². The van der Waals surface area contributed by atoms with Crippen molar-refractivity contribution in [1.29, 1.82) is 0 Å². The Bertz CT molecular complexity index is 1230. The second-order valence-corrected chi connectivity index (χ2v) is 6.81. The molecule has 0 aliphatic heterocycles. The number of ether oxygens (including phenoxy) is 1. The molecule has 4 aromatic rings. The maximum Gasteiger partial charge on any atom is 0.272 e. The van der Waals surface area contributed by atoms with Gasteiger partial charge in [-0.3, -0.25) is 4.79 Å². The number of nitrogens with zero attached hydrogens (tertiary/aromatic N) is 2. The highest BCUT2D eigenvalue weighted by Crippen LogP contribution is 2.24. The second-order valence-electron chi connectivity index (χ2n) is 6.81. The zero-order valence-corrected chi connectivity index (χ0v) is 16.8. The van der Waals surface area contributed by atoms with Crippen molar-refractivity contribution in [3.8, 4) is 17.0 Å². The summed E-state index contributed by atoms with van der Waals surface area (Å²) in [4.78, 5) is 17.8. The minimum absolute atomic E-state index is 0.284. The lowest BCUT2D eigenvalue weighted by Gasteiger charge is -2.10. The summed E-state index contributed by atoms with van der Waals surface area (Å²) in [5.41, 5.74) is 7.23. The van der Waals surface area contributed by atoms with Crippen molar-refractivity contribution in [2.24, 2.45) is 5.10 Å². The maximum atomic E-state index is 13.0. The Kier molecular flexibility index (Phi) is 5.52. The molecule has 0 bridgehead atoms. The van der Waals surface area contributed by atoms with Crippen molar-refractivity contribution in [2.75, 3.05) is 7.11 Å². The molecule has 0 fully saturated rings. The summed E-state index contributed by atoms with van der Waals surface area (Å²) in [5, 5.41) is 5.08. The van der Waals surface area contributed by atoms with Gasteiger partial charge in [0.1, 0.15) is 5.75 Å². The summed E-state index contributed by atoms with van der Waals surface area (Å²) >= 11 is 0. The number of rotatable bonds is 5. The third-order valence-corrected chi connectivity index (χ3v) is 4.84. The SMILES string of the molecule is COc1cccc(C(C)=NNC(=O)c2cc(-c3ccccc3)nc3ccccc23)c1. The third-order valence-electron chi connectivity index (χ3n) is 4.84. The van der Waals surface area contributed by atoms with E-state index in [0.717, 1.165) is 33.5 Å². The van der Waals surface area contributed by atoms with Gasteiger partial charge in [0.2, 0.25) is 0 Å². The van der Waals surface area contributed by atoms with Crippen LogP contribution in [0.2, 0.25) is 0 Å². The number of carbonyl (C=O) groups is 1. The Balaban J connectivity index is 1.68. The molecule has 0 spiro atoms. The Morgan fingerprint density at radius 1 is 0.933 bits per heavy atom. The topological polar surface area (TPSA) is 63.6 Å². The van der Waals surface area contributed by atoms with E-state index in [9.17, 15) is 4.79 Å². The van der Waals surface area contributed by atoms with E-state index in [1.165, 1.54) is 0 Å². The number of hydrogen-bond donors (Lipinski definition) is 1. The first-order valence-electron chi connectivity index (χ1n) is 9.60. The van der Waals surface area contributed by atoms with Crippen LogP contribution in [0.4, 0.5) is 0 Å². The van der Waals surface area contributed by atoms with Crippen LogP contribution in [0.25, 0.3) is 22.2 Å². The van der Waals surface area contributed by atoms with Crippen LogP contribution in [-0.4, -0.2) is 23.7 Å². The van der Waals surface area contributed by atoms with E-state index >= 15 is 0 Å². The molecule has 5 heteroatoms. The molecule has 30 heavy (non-hydrogen) atoms. The molecule has 148 valence electrons. The molecule has 0 saturated heterocycles. The van der Waals surface area contributed by atoms with Crippen LogP contribution in [0.5, 0.6) is 5.75 Å². The van der Waals surface area contributed by atoms with E-state index in [1.54, 1.807) is 7.11 Å². The zero-order valence-electron chi connectivity index (χ0n) is 16.8. The minimum Gasteiger partial charge on any atom is -0.497 e. The number of para-hydroxylation sites is 1. The summed E-state index contributed by atoms with van der Waals surface area (Å²) in [7, 11) is 1.62. The van der Waals surface area contributed by atoms with E-state index in [0.29, 0.717) is 11.3 Å². The number of methoxy groups -OCH3 is 1. The number of nitrogens with one attached hydrogen (secondary N) is 1. The van der Waals surface area contributed by atoms with Crippen LogP contribution in [0.15, 0.2) is 90.0 Å². The molecule has 0 atom stereocenters. The molecule has 1 amide bonds. The largest absolute Gasteiger partial charge is 0.497 e. The van der Waals surface area contributed by atoms with Crippen LogP contribution in [0.3, 0.4) is 0 Å². The summed E-state index contributed by atoms with van der Waals surface area (Å²) in [6.45, 7) is 1.84. The van der Waals surface area contributed by atoms with E-state index in [1.807, 2.05) is 91.9 Å². The second kappa shape index (κ2) is 8.57. The fraction of sp³-hybridized carbons (Fsp3) is 0.0800. The van der Waals surface area contributed by atoms with Crippen molar-refractivity contribution < 1.29 is 9.53 Å². The molecule has 0 radical (unpaired) electrons. The molecular formula is C25H21N3O2. The van der Waals surface area contributed by atoms with Crippen molar-refractivity contribution in [1.82, 2.24) is 10.4 Å². The number of benzene rings is 3. The molecular weight excluding hydrogens is 374 g/mol. The van der Waals surface area contributed by atoms with Crippen molar-refractivity contribution in [3.63, 3.8) is 0 Å². The van der Waals surface area contributed by atoms with Gasteiger partial charge in [0.15, 0.2) is 0 Å². The molecule has 1 N–H and O–H groups in total. The van der Waals surface area contributed by atoms with Gasteiger partial charge >= 0.3 is 0 Å². The van der Waals surface area contributed by atoms with Gasteiger partial charge in [0.25, 0.3) is 5.91 Å². The summed E-state index contributed by atoms with van der Waals surface area (Å²) in [6.07, 6.45) is 0. The van der Waals surface area contributed by atoms with Gasteiger partial charge in [-0.15, -0.1) is 0 Å². The quantitative estimate of drug-likeness (QED) is 0.379. The summed E-state index contributed by atoms with van der Waals surface area (Å²) < 4.78 is 5.25. The van der Waals surface area contributed by atoms with E-state index in [4.69, 9.17) is 9.72 Å². The highest BCUT2D eigenvalue weighted by atomic mass is 16.5. The fourth-order valence-corrected chi connectivity index (χ4v) is 3.23. The van der Waals surface area contributed by atoms with Crippen LogP contribution in [0.1, 0.15) is 22.8 Å². The van der Waals surface area contributed by atoms with Crippen LogP contribution < -0.4 is 10.2 Å². The van der Waals surface area contributed by atoms with Gasteiger partial charge < -0.3 is 4.74 Å². The average molecular weight is 395 g/mol. The number of carbonyl (C=O) groups excluding carboxylic acids is 1. The standard InChI is InChI=1S/C25H21N3O2/c1-17(19-11-8-12-20(15-19)30-2)27-28-25(29)22-16-24(18-9-4-3-5-10-18)26-23-14-7-6-13-21(22)23/h3-16H,1-2H3,(H,28,29). The molecule has 0 unspecified atom stereocenters. The van der Waals surface area contributed by atoms with Gasteiger partial charge in [-0.25, -0.2) is 10.4 Å².